The van der Waals surface area contributed by atoms with Crippen LogP contribution in [0.1, 0.15) is 448 Å². The molecule has 132 heavy (non-hydrogen) atoms. The van der Waals surface area contributed by atoms with Crippen LogP contribution in [0.2, 0.25) is 0 Å². The van der Waals surface area contributed by atoms with Gasteiger partial charge < -0.3 is 72.2 Å². The monoisotopic (exact) mass is 1900 g/mol. The van der Waals surface area contributed by atoms with Gasteiger partial charge in [0.05, 0.1) is 105 Å². The number of rotatable bonds is 42. The van der Waals surface area contributed by atoms with E-state index in [1.165, 1.54) is 0 Å². The molecule has 27 heteroatoms. The van der Waals surface area contributed by atoms with Gasteiger partial charge in [-0.05, 0) is 325 Å². The molecule has 0 saturated heterocycles. The molecule has 0 aliphatic rings. The van der Waals surface area contributed by atoms with E-state index in [1.807, 2.05) is 270 Å². The second kappa shape index (κ2) is 75.6. The summed E-state index contributed by atoms with van der Waals surface area (Å²) in [4.78, 5) is 133. The van der Waals surface area contributed by atoms with Crippen LogP contribution in [0.5, 0.6) is 0 Å². The summed E-state index contributed by atoms with van der Waals surface area (Å²) >= 11 is 0. The lowest BCUT2D eigenvalue weighted by Gasteiger charge is -2.27. The van der Waals surface area contributed by atoms with Gasteiger partial charge in [-0.2, -0.15) is 0 Å². The summed E-state index contributed by atoms with van der Waals surface area (Å²) in [6.45, 7) is 95.3. The van der Waals surface area contributed by atoms with Crippen LogP contribution in [-0.4, -0.2) is 185 Å². The van der Waals surface area contributed by atoms with Gasteiger partial charge in [-0.3, -0.25) is 57.5 Å². The zero-order valence-electron chi connectivity index (χ0n) is 94.7. The van der Waals surface area contributed by atoms with E-state index in [0.717, 1.165) is 96.3 Å². The molecular weight excluding hydrogens is 1690 g/mol. The summed E-state index contributed by atoms with van der Waals surface area (Å²) in [6.07, 6.45) is 15.4. The Balaban J connectivity index is -0.000000119. The van der Waals surface area contributed by atoms with Crippen molar-refractivity contribution in [2.75, 3.05) is 80.8 Å². The number of carbonyl (C=O) groups excluding carboxylic acids is 9. The maximum Gasteiger partial charge on any atom is 0.312 e. The van der Waals surface area contributed by atoms with Crippen LogP contribution < -0.4 is 0 Å². The van der Waals surface area contributed by atoms with E-state index in [9.17, 15) is 57.5 Å². The third kappa shape index (κ3) is 86.4. The van der Waals surface area contributed by atoms with Gasteiger partial charge in [-0.25, -0.2) is 0 Å². The summed E-state index contributed by atoms with van der Waals surface area (Å²) in [5, 5.41) is 25.3. The van der Waals surface area contributed by atoms with Crippen molar-refractivity contribution in [3.8, 4) is 0 Å². The van der Waals surface area contributed by atoms with Crippen LogP contribution in [0.3, 0.4) is 0 Å². The van der Waals surface area contributed by atoms with E-state index in [2.05, 4.69) is 20.8 Å². The Morgan fingerprint density at radius 2 is 0.288 bits per heavy atom. The third-order valence-corrected chi connectivity index (χ3v) is 22.3. The minimum absolute atomic E-state index is 0.0709. The lowest BCUT2D eigenvalue weighted by atomic mass is 9.90. The molecule has 0 radical (unpaired) electrons. The number of methoxy groups -OCH3 is 3. The number of esters is 9. The molecule has 0 aliphatic heterocycles. The van der Waals surface area contributed by atoms with Crippen molar-refractivity contribution in [3.63, 3.8) is 0 Å². The first kappa shape index (κ1) is 151. The fraction of sp³-hybridized carbons (Fsp3) is 0.886. The summed E-state index contributed by atoms with van der Waals surface area (Å²) in [5.74, 6) is -3.17. The van der Waals surface area contributed by atoms with Gasteiger partial charge in [0.15, 0.2) is 0 Å². The average molecular weight is 1900 g/mol. The Morgan fingerprint density at radius 1 is 0.174 bits per heavy atom. The smallest absolute Gasteiger partial charge is 0.312 e. The van der Waals surface area contributed by atoms with Crippen molar-refractivity contribution in [3.05, 3.63) is 0 Å². The van der Waals surface area contributed by atoms with Gasteiger partial charge in [0.1, 0.15) is 36.6 Å². The van der Waals surface area contributed by atoms with Crippen molar-refractivity contribution in [1.82, 2.24) is 0 Å². The number of aliphatic carboxylic acids is 3. The van der Waals surface area contributed by atoms with Crippen LogP contribution >= 0.6 is 0 Å². The first-order chi connectivity index (χ1) is 59.3. The Kier molecular flexibility index (Phi) is 86.5. The maximum absolute atomic E-state index is 11.5. The quantitative estimate of drug-likeness (QED) is 0.0290. The van der Waals surface area contributed by atoms with E-state index in [4.69, 9.17) is 72.2 Å². The number of hydrogen-bond acceptors (Lipinski definition) is 24. The largest absolute Gasteiger partial charge is 0.481 e. The van der Waals surface area contributed by atoms with E-state index in [1.54, 1.807) is 62.9 Å². The van der Waals surface area contributed by atoms with Gasteiger partial charge in [0.25, 0.3) is 0 Å². The highest BCUT2D eigenvalue weighted by molar-refractivity contribution is 5.80. The van der Waals surface area contributed by atoms with E-state index in [0.29, 0.717) is 78.7 Å². The molecule has 0 spiro atoms. The molecule has 0 rings (SSSR count). The number of carboxylic acid groups (broad SMARTS) is 3. The molecule has 0 unspecified atom stereocenters. The highest BCUT2D eigenvalue weighted by Crippen LogP contribution is 2.31. The minimum Gasteiger partial charge on any atom is -0.481 e. The second-order valence-electron chi connectivity index (χ2n) is 43.1. The van der Waals surface area contributed by atoms with Crippen LogP contribution in [0.25, 0.3) is 0 Å². The zero-order chi connectivity index (χ0) is 108. The highest BCUT2D eigenvalue weighted by atomic mass is 16.6. The number of unbranched alkanes of at least 4 members (excludes halogenated alkanes) is 3. The predicted octanol–water partition coefficient (Wildman–Crippen LogP) is 25.9. The fourth-order valence-electron chi connectivity index (χ4n) is 5.75. The lowest BCUT2D eigenvalue weighted by molar-refractivity contribution is -0.166. The topological polar surface area (TPSA) is 376 Å². The second-order valence-corrected chi connectivity index (χ2v) is 43.1. The fourth-order valence-corrected chi connectivity index (χ4v) is 5.75. The van der Waals surface area contributed by atoms with E-state index >= 15 is 0 Å². The minimum atomic E-state index is -0.722. The molecule has 0 atom stereocenters. The molecule has 0 aromatic rings. The summed E-state index contributed by atoms with van der Waals surface area (Å²) in [5.41, 5.74) is -5.84. The Morgan fingerprint density at radius 3 is 0.371 bits per heavy atom. The number of carbonyl (C=O) groups is 12. The van der Waals surface area contributed by atoms with Crippen LogP contribution in [-0.2, 0) is 114 Å². The average Bonchev–Trinajstić information content (AvgIpc) is 0.871. The van der Waals surface area contributed by atoms with Crippen LogP contribution in [0.4, 0.5) is 0 Å². The van der Waals surface area contributed by atoms with Crippen molar-refractivity contribution in [1.29, 1.82) is 0 Å². The standard InChI is InChI=1S/6C10H20O2.3C9H18O3.3C6H12O2/c3*1-7-10(5,6)8(11)12-9(2,3)4;3*1-5-7-8-12-9(11)10(3,4)6-2;3*1-5-9(2,3)8(10)12-7-6-11-4;3*1-4-6(2,3)5(7)8/h3*7H2,1-6H3;3*5-8H2,1-4H3;3*5-7H2,1-4H3;3*4H2,1-3H3,(H,7,8). The molecular formula is C105H210O27. The SMILES string of the molecule is CCC(C)(C)C(=O)O.CCC(C)(C)C(=O)O.CCC(C)(C)C(=O)O.CCC(C)(C)C(=O)OC(C)(C)C.CCC(C)(C)C(=O)OC(C)(C)C.CCC(C)(C)C(=O)OC(C)(C)C.CCC(C)(C)C(=O)OCCOC.CCC(C)(C)C(=O)OCCOC.CCC(C)(C)C(=O)OCCOC.CCCCOC(=O)C(C)(C)CC.CCCCOC(=O)C(C)(C)CC.CCCCOC(=O)C(C)(C)CC. The maximum atomic E-state index is 11.5. The Bertz CT molecular complexity index is 2630. The van der Waals surface area contributed by atoms with Gasteiger partial charge in [-0.15, -0.1) is 0 Å². The highest BCUT2D eigenvalue weighted by Gasteiger charge is 2.36. The molecule has 0 aromatic carbocycles. The number of ether oxygens (including phenoxy) is 12. The van der Waals surface area contributed by atoms with Gasteiger partial charge in [-0.1, -0.05) is 123 Å². The predicted molar refractivity (Wildman–Crippen MR) is 535 cm³/mol. The number of hydrogen-bond donors (Lipinski definition) is 3. The first-order valence-electron chi connectivity index (χ1n) is 48.2. The van der Waals surface area contributed by atoms with Gasteiger partial charge in [0.2, 0.25) is 0 Å². The molecule has 0 aliphatic carbocycles. The molecule has 0 saturated carbocycles. The molecule has 0 bridgehead atoms. The Labute approximate surface area is 807 Å². The van der Waals surface area contributed by atoms with Crippen LogP contribution in [0.15, 0.2) is 0 Å². The Hall–Kier alpha value is -6.48. The van der Waals surface area contributed by atoms with E-state index in [-0.39, 0.29) is 119 Å². The lowest BCUT2D eigenvalue weighted by Crippen LogP contribution is -2.33. The molecule has 27 nitrogen and oxygen atoms in total. The molecule has 792 valence electrons. The van der Waals surface area contributed by atoms with Crippen molar-refractivity contribution < 1.29 is 130 Å². The molecule has 0 amide bonds. The van der Waals surface area contributed by atoms with Crippen molar-refractivity contribution >= 4 is 71.6 Å². The molecule has 0 aromatic heterocycles. The summed E-state index contributed by atoms with van der Waals surface area (Å²) in [6, 6.07) is 0. The molecule has 0 fully saturated rings. The first-order valence-corrected chi connectivity index (χ1v) is 48.2. The normalized spacial score (nSPS) is 11.8. The van der Waals surface area contributed by atoms with Crippen molar-refractivity contribution in [2.24, 2.45) is 65.0 Å². The van der Waals surface area contributed by atoms with Crippen molar-refractivity contribution in [2.45, 2.75) is 465 Å². The van der Waals surface area contributed by atoms with Gasteiger partial charge in [0, 0.05) is 21.3 Å². The zero-order valence-corrected chi connectivity index (χ0v) is 94.7. The van der Waals surface area contributed by atoms with E-state index < -0.39 is 34.2 Å². The third-order valence-electron chi connectivity index (χ3n) is 22.3. The molecule has 0 heterocycles. The summed E-state index contributed by atoms with van der Waals surface area (Å²) in [7, 11) is 4.75. The molecule has 3 N–H and O–H groups in total. The van der Waals surface area contributed by atoms with Crippen LogP contribution in [0, 0.1) is 65.0 Å². The summed E-state index contributed by atoms with van der Waals surface area (Å²) < 4.78 is 60.3. The number of carboxylic acids is 3. The van der Waals surface area contributed by atoms with Gasteiger partial charge >= 0.3 is 71.6 Å².